The molecule has 2 aromatic rings. The Hall–Kier alpha value is -3.03. The maximum Gasteiger partial charge on any atom is 0.254 e. The first-order chi connectivity index (χ1) is 14.0. The standard InChI is InChI=1S/C21H26FN5O2/c1-23-21-24-12-15(13-25-21)20(29)27-17-7-4-6-16(11-17)26-19(28)10-9-14-5-2-3-8-18(14)22/h2-3,5,8,12-13,16-17H,4,6-7,9-11H2,1H3,(H,26,28)(H,27,29)(H,23,24,25)/t16-,17-/m1/s1. The van der Waals surface area contributed by atoms with E-state index in [-0.39, 0.29) is 36.1 Å². The van der Waals surface area contributed by atoms with Gasteiger partial charge in [-0.1, -0.05) is 18.2 Å². The van der Waals surface area contributed by atoms with Crippen LogP contribution in [0.2, 0.25) is 0 Å². The van der Waals surface area contributed by atoms with Gasteiger partial charge in [0.2, 0.25) is 11.9 Å². The lowest BCUT2D eigenvalue weighted by Gasteiger charge is -2.30. The lowest BCUT2D eigenvalue weighted by atomic mass is 9.90. The Morgan fingerprint density at radius 3 is 2.48 bits per heavy atom. The van der Waals surface area contributed by atoms with E-state index < -0.39 is 0 Å². The van der Waals surface area contributed by atoms with Crippen molar-refractivity contribution in [2.24, 2.45) is 0 Å². The second-order valence-electron chi connectivity index (χ2n) is 7.24. The molecule has 0 saturated heterocycles. The number of hydrogen-bond acceptors (Lipinski definition) is 5. The van der Waals surface area contributed by atoms with Crippen LogP contribution in [0.4, 0.5) is 10.3 Å². The van der Waals surface area contributed by atoms with Gasteiger partial charge in [0.05, 0.1) is 5.56 Å². The predicted octanol–water partition coefficient (Wildman–Crippen LogP) is 2.45. The number of hydrogen-bond donors (Lipinski definition) is 3. The van der Waals surface area contributed by atoms with Crippen LogP contribution >= 0.6 is 0 Å². The highest BCUT2D eigenvalue weighted by atomic mass is 19.1. The van der Waals surface area contributed by atoms with Crippen molar-refractivity contribution >= 4 is 17.8 Å². The Labute approximate surface area is 169 Å². The fourth-order valence-electron chi connectivity index (χ4n) is 3.54. The SMILES string of the molecule is CNc1ncc(C(=O)N[C@@H]2CCC[C@@H](NC(=O)CCc3ccccc3F)C2)cn1. The second-order valence-corrected chi connectivity index (χ2v) is 7.24. The first-order valence-electron chi connectivity index (χ1n) is 9.88. The van der Waals surface area contributed by atoms with Crippen molar-refractivity contribution in [3.8, 4) is 0 Å². The van der Waals surface area contributed by atoms with E-state index in [0.29, 0.717) is 29.9 Å². The summed E-state index contributed by atoms with van der Waals surface area (Å²) in [5.74, 6) is -0.143. The Bertz CT molecular complexity index is 843. The highest BCUT2D eigenvalue weighted by Crippen LogP contribution is 2.19. The van der Waals surface area contributed by atoms with Gasteiger partial charge in [0.15, 0.2) is 0 Å². The number of nitrogens with zero attached hydrogens (tertiary/aromatic N) is 2. The molecule has 29 heavy (non-hydrogen) atoms. The molecule has 0 radical (unpaired) electrons. The number of benzene rings is 1. The molecule has 0 spiro atoms. The number of nitrogens with one attached hydrogen (secondary N) is 3. The molecule has 154 valence electrons. The summed E-state index contributed by atoms with van der Waals surface area (Å²) in [7, 11) is 1.71. The summed E-state index contributed by atoms with van der Waals surface area (Å²) in [4.78, 5) is 32.8. The molecule has 3 N–H and O–H groups in total. The molecular weight excluding hydrogens is 373 g/mol. The number of halogens is 1. The summed E-state index contributed by atoms with van der Waals surface area (Å²) in [6.45, 7) is 0. The van der Waals surface area contributed by atoms with Gasteiger partial charge in [-0.2, -0.15) is 0 Å². The zero-order valence-electron chi connectivity index (χ0n) is 16.5. The van der Waals surface area contributed by atoms with E-state index in [0.717, 1.165) is 19.3 Å². The summed E-state index contributed by atoms with van der Waals surface area (Å²) in [6.07, 6.45) is 6.90. The second kappa shape index (κ2) is 9.95. The molecular formula is C21H26FN5O2. The van der Waals surface area contributed by atoms with Gasteiger partial charge < -0.3 is 16.0 Å². The Kier molecular flexibility index (Phi) is 7.10. The molecule has 1 heterocycles. The van der Waals surface area contributed by atoms with Crippen molar-refractivity contribution in [2.45, 2.75) is 50.6 Å². The van der Waals surface area contributed by atoms with Crippen molar-refractivity contribution < 1.29 is 14.0 Å². The van der Waals surface area contributed by atoms with Crippen molar-refractivity contribution in [1.82, 2.24) is 20.6 Å². The molecule has 3 rings (SSSR count). The van der Waals surface area contributed by atoms with Crippen LogP contribution in [-0.2, 0) is 11.2 Å². The van der Waals surface area contributed by atoms with Crippen LogP contribution in [0.15, 0.2) is 36.7 Å². The minimum absolute atomic E-state index is 0.00471. The van der Waals surface area contributed by atoms with Gasteiger partial charge in [-0.3, -0.25) is 9.59 Å². The summed E-state index contributed by atoms with van der Waals surface area (Å²) in [6, 6.07) is 6.49. The van der Waals surface area contributed by atoms with Crippen LogP contribution in [0.5, 0.6) is 0 Å². The van der Waals surface area contributed by atoms with Crippen LogP contribution in [0.3, 0.4) is 0 Å². The van der Waals surface area contributed by atoms with E-state index in [4.69, 9.17) is 0 Å². The molecule has 1 aliphatic rings. The average molecular weight is 399 g/mol. The van der Waals surface area contributed by atoms with Crippen molar-refractivity contribution in [3.05, 3.63) is 53.6 Å². The van der Waals surface area contributed by atoms with Gasteiger partial charge in [-0.05, 0) is 43.7 Å². The van der Waals surface area contributed by atoms with Gasteiger partial charge in [0.25, 0.3) is 5.91 Å². The molecule has 0 bridgehead atoms. The summed E-state index contributed by atoms with van der Waals surface area (Å²) in [5, 5.41) is 8.83. The molecule has 1 aromatic carbocycles. The number of aryl methyl sites for hydroxylation is 1. The zero-order valence-corrected chi connectivity index (χ0v) is 16.5. The number of rotatable bonds is 7. The zero-order chi connectivity index (χ0) is 20.6. The van der Waals surface area contributed by atoms with Crippen LogP contribution in [0, 0.1) is 5.82 Å². The van der Waals surface area contributed by atoms with E-state index in [2.05, 4.69) is 25.9 Å². The Morgan fingerprint density at radius 1 is 1.10 bits per heavy atom. The summed E-state index contributed by atoms with van der Waals surface area (Å²) < 4.78 is 13.7. The van der Waals surface area contributed by atoms with E-state index in [1.807, 2.05) is 0 Å². The molecule has 0 unspecified atom stereocenters. The molecule has 1 saturated carbocycles. The first kappa shape index (κ1) is 20.7. The maximum atomic E-state index is 13.7. The topological polar surface area (TPSA) is 96.0 Å². The lowest BCUT2D eigenvalue weighted by Crippen LogP contribution is -2.45. The number of amides is 2. The van der Waals surface area contributed by atoms with Crippen LogP contribution in [-0.4, -0.2) is 40.9 Å². The van der Waals surface area contributed by atoms with Gasteiger partial charge in [-0.25, -0.2) is 14.4 Å². The number of carbonyl (C=O) groups excluding carboxylic acids is 2. The summed E-state index contributed by atoms with van der Waals surface area (Å²) >= 11 is 0. The van der Waals surface area contributed by atoms with Crippen LogP contribution in [0.1, 0.15) is 48.0 Å². The van der Waals surface area contributed by atoms with E-state index in [9.17, 15) is 14.0 Å². The Morgan fingerprint density at radius 2 is 1.79 bits per heavy atom. The highest BCUT2D eigenvalue weighted by Gasteiger charge is 2.25. The van der Waals surface area contributed by atoms with Crippen LogP contribution in [0.25, 0.3) is 0 Å². The largest absolute Gasteiger partial charge is 0.357 e. The molecule has 8 heteroatoms. The maximum absolute atomic E-state index is 13.7. The summed E-state index contributed by atoms with van der Waals surface area (Å²) in [5.41, 5.74) is 0.947. The lowest BCUT2D eigenvalue weighted by molar-refractivity contribution is -0.122. The molecule has 1 aromatic heterocycles. The quantitative estimate of drug-likeness (QED) is 0.665. The predicted molar refractivity (Wildman–Crippen MR) is 108 cm³/mol. The molecule has 7 nitrogen and oxygen atoms in total. The van der Waals surface area contributed by atoms with Gasteiger partial charge in [0.1, 0.15) is 5.82 Å². The molecule has 0 aliphatic heterocycles. The van der Waals surface area contributed by atoms with E-state index in [1.54, 1.807) is 25.2 Å². The highest BCUT2D eigenvalue weighted by molar-refractivity contribution is 5.93. The monoisotopic (exact) mass is 399 g/mol. The number of carbonyl (C=O) groups is 2. The van der Waals surface area contributed by atoms with Crippen molar-refractivity contribution in [2.75, 3.05) is 12.4 Å². The fraction of sp³-hybridized carbons (Fsp3) is 0.429. The molecule has 1 fully saturated rings. The minimum Gasteiger partial charge on any atom is -0.357 e. The minimum atomic E-state index is -0.285. The fourth-order valence-corrected chi connectivity index (χ4v) is 3.54. The number of aromatic nitrogens is 2. The molecule has 2 amide bonds. The third kappa shape index (κ3) is 5.97. The van der Waals surface area contributed by atoms with Gasteiger partial charge >= 0.3 is 0 Å². The van der Waals surface area contributed by atoms with E-state index in [1.165, 1.54) is 18.5 Å². The molecule has 2 atom stereocenters. The van der Waals surface area contributed by atoms with Crippen LogP contribution < -0.4 is 16.0 Å². The van der Waals surface area contributed by atoms with Crippen molar-refractivity contribution in [1.29, 1.82) is 0 Å². The third-order valence-corrected chi connectivity index (χ3v) is 5.09. The first-order valence-corrected chi connectivity index (χ1v) is 9.88. The third-order valence-electron chi connectivity index (χ3n) is 5.09. The Balaban J connectivity index is 1.46. The van der Waals surface area contributed by atoms with E-state index >= 15 is 0 Å². The average Bonchev–Trinajstić information content (AvgIpc) is 2.73. The normalized spacial score (nSPS) is 18.7. The molecule has 1 aliphatic carbocycles. The van der Waals surface area contributed by atoms with Gasteiger partial charge in [0, 0.05) is 37.9 Å². The smallest absolute Gasteiger partial charge is 0.254 e. The number of anilines is 1. The van der Waals surface area contributed by atoms with Crippen molar-refractivity contribution in [3.63, 3.8) is 0 Å². The van der Waals surface area contributed by atoms with Gasteiger partial charge in [-0.15, -0.1) is 0 Å².